The molecule has 0 aromatic carbocycles. The molecule has 0 bridgehead atoms. The van der Waals surface area contributed by atoms with Gasteiger partial charge in [0.1, 0.15) is 12.1 Å². The van der Waals surface area contributed by atoms with E-state index in [1.165, 1.54) is 31.2 Å². The maximum Gasteiger partial charge on any atom is 0.245 e. The first-order valence-corrected chi connectivity index (χ1v) is 13.3. The standard InChI is InChI=1S/C27H44N4O7/c1-4-5-7-10-20(33)11-8-6-9-12-24(36)31-25(19(3)32)27(38)30-22-17-21(34)15-16-28-23(35)14-13-18(2)29-26(22)37/h6,8-9,12-14,18-22,25,32-34H,4-5,7,10-11,15-17H2,1-3H3,(H,28,35)(H,29,37)(H,30,38)(H,31,36)/b8-6+,12-9+,14-13-. The van der Waals surface area contributed by atoms with Crippen LogP contribution in [0.1, 0.15) is 65.7 Å². The molecule has 0 saturated carbocycles. The fourth-order valence-corrected chi connectivity index (χ4v) is 3.72. The Morgan fingerprint density at radius 2 is 1.95 bits per heavy atom. The van der Waals surface area contributed by atoms with E-state index >= 15 is 0 Å². The van der Waals surface area contributed by atoms with Crippen molar-refractivity contribution in [2.24, 2.45) is 0 Å². The van der Waals surface area contributed by atoms with Crippen molar-refractivity contribution in [1.82, 2.24) is 21.3 Å². The summed E-state index contributed by atoms with van der Waals surface area (Å²) in [5, 5.41) is 40.6. The van der Waals surface area contributed by atoms with Gasteiger partial charge < -0.3 is 36.6 Å². The highest BCUT2D eigenvalue weighted by atomic mass is 16.3. The molecule has 0 fully saturated rings. The number of nitrogens with one attached hydrogen (secondary N) is 4. The average molecular weight is 537 g/mol. The van der Waals surface area contributed by atoms with Gasteiger partial charge in [-0.25, -0.2) is 0 Å². The highest BCUT2D eigenvalue weighted by Gasteiger charge is 2.31. The molecule has 0 spiro atoms. The first-order valence-electron chi connectivity index (χ1n) is 13.3. The Kier molecular flexibility index (Phi) is 15.9. The molecular formula is C27H44N4O7. The van der Waals surface area contributed by atoms with Gasteiger partial charge in [-0.05, 0) is 33.1 Å². The number of aliphatic hydroxyl groups excluding tert-OH is 3. The third kappa shape index (κ3) is 14.1. The largest absolute Gasteiger partial charge is 0.393 e. The number of aliphatic hydroxyl groups is 3. The van der Waals surface area contributed by atoms with E-state index < -0.39 is 54.2 Å². The molecule has 0 saturated heterocycles. The Morgan fingerprint density at radius 1 is 1.21 bits per heavy atom. The van der Waals surface area contributed by atoms with Crippen LogP contribution in [0.2, 0.25) is 0 Å². The van der Waals surface area contributed by atoms with Gasteiger partial charge in [0.25, 0.3) is 0 Å². The molecule has 0 aromatic rings. The van der Waals surface area contributed by atoms with Gasteiger partial charge in [0.2, 0.25) is 23.6 Å². The second-order valence-corrected chi connectivity index (χ2v) is 9.59. The van der Waals surface area contributed by atoms with E-state index in [-0.39, 0.29) is 25.3 Å². The Labute approximate surface area is 224 Å². The average Bonchev–Trinajstić information content (AvgIpc) is 2.84. The number of amides is 4. The molecule has 0 radical (unpaired) electrons. The predicted molar refractivity (Wildman–Crippen MR) is 144 cm³/mol. The smallest absolute Gasteiger partial charge is 0.245 e. The zero-order valence-corrected chi connectivity index (χ0v) is 22.6. The molecule has 6 unspecified atom stereocenters. The van der Waals surface area contributed by atoms with Crippen LogP contribution >= 0.6 is 0 Å². The number of hydrogen-bond acceptors (Lipinski definition) is 7. The number of allylic oxidation sites excluding steroid dienone is 2. The SMILES string of the molecule is CCCCCC(O)C/C=C/C=C/C(=O)NC(C(=O)NC1CC(O)CCNC(=O)/C=C\C(C)NC1=O)C(C)O. The fourth-order valence-electron chi connectivity index (χ4n) is 3.72. The summed E-state index contributed by atoms with van der Waals surface area (Å²) in [4.78, 5) is 49.7. The molecule has 6 atom stereocenters. The molecule has 7 N–H and O–H groups in total. The van der Waals surface area contributed by atoms with Crippen molar-refractivity contribution in [3.05, 3.63) is 36.5 Å². The van der Waals surface area contributed by atoms with Gasteiger partial charge in [-0.1, -0.05) is 50.5 Å². The molecule has 214 valence electrons. The summed E-state index contributed by atoms with van der Waals surface area (Å²) in [6.45, 7) is 5.26. The van der Waals surface area contributed by atoms with Crippen LogP contribution in [0.25, 0.3) is 0 Å². The van der Waals surface area contributed by atoms with Crippen LogP contribution < -0.4 is 21.3 Å². The van der Waals surface area contributed by atoms with Gasteiger partial charge in [-0.3, -0.25) is 19.2 Å². The first kappa shape index (κ1) is 33.0. The zero-order valence-electron chi connectivity index (χ0n) is 22.6. The number of carbonyl (C=O) groups excluding carboxylic acids is 4. The van der Waals surface area contributed by atoms with E-state index in [0.29, 0.717) is 6.42 Å². The topological polar surface area (TPSA) is 177 Å². The fraction of sp³-hybridized carbons (Fsp3) is 0.630. The second kappa shape index (κ2) is 18.3. The summed E-state index contributed by atoms with van der Waals surface area (Å²) < 4.78 is 0. The number of carbonyl (C=O) groups is 4. The summed E-state index contributed by atoms with van der Waals surface area (Å²) in [6.07, 6.45) is 10.4. The molecule has 0 aromatic heterocycles. The van der Waals surface area contributed by atoms with Crippen LogP contribution in [0.15, 0.2) is 36.5 Å². The van der Waals surface area contributed by atoms with Gasteiger partial charge in [0.15, 0.2) is 0 Å². The molecule has 1 aliphatic rings. The summed E-state index contributed by atoms with van der Waals surface area (Å²) in [5.74, 6) is -2.34. The molecule has 38 heavy (non-hydrogen) atoms. The zero-order chi connectivity index (χ0) is 28.5. The van der Waals surface area contributed by atoms with Gasteiger partial charge in [-0.15, -0.1) is 0 Å². The third-order valence-corrected chi connectivity index (χ3v) is 5.93. The van der Waals surface area contributed by atoms with Crippen molar-refractivity contribution in [2.75, 3.05) is 6.54 Å². The van der Waals surface area contributed by atoms with Crippen molar-refractivity contribution in [3.8, 4) is 0 Å². The quantitative estimate of drug-likeness (QED) is 0.105. The van der Waals surface area contributed by atoms with Crippen LogP contribution in [-0.4, -0.2) is 81.9 Å². The van der Waals surface area contributed by atoms with Gasteiger partial charge in [0, 0.05) is 31.2 Å². The van der Waals surface area contributed by atoms with E-state index in [9.17, 15) is 34.5 Å². The van der Waals surface area contributed by atoms with E-state index in [0.717, 1.165) is 25.7 Å². The molecule has 11 heteroatoms. The first-order chi connectivity index (χ1) is 18.0. The molecule has 1 rings (SSSR count). The van der Waals surface area contributed by atoms with Gasteiger partial charge in [0.05, 0.1) is 18.3 Å². The maximum absolute atomic E-state index is 12.9. The lowest BCUT2D eigenvalue weighted by Crippen LogP contribution is -2.58. The Bertz CT molecular complexity index is 856. The van der Waals surface area contributed by atoms with Crippen molar-refractivity contribution >= 4 is 23.6 Å². The monoisotopic (exact) mass is 536 g/mol. The lowest BCUT2D eigenvalue weighted by Gasteiger charge is -2.26. The highest BCUT2D eigenvalue weighted by Crippen LogP contribution is 2.08. The lowest BCUT2D eigenvalue weighted by molar-refractivity contribution is -0.134. The highest BCUT2D eigenvalue weighted by molar-refractivity contribution is 5.95. The summed E-state index contributed by atoms with van der Waals surface area (Å²) in [6, 6.07) is -3.00. The third-order valence-electron chi connectivity index (χ3n) is 5.93. The summed E-state index contributed by atoms with van der Waals surface area (Å²) >= 11 is 0. The Hall–Kier alpha value is -3.02. The minimum atomic E-state index is -1.35. The van der Waals surface area contributed by atoms with Crippen molar-refractivity contribution < 1.29 is 34.5 Å². The van der Waals surface area contributed by atoms with Crippen LogP contribution in [-0.2, 0) is 19.2 Å². The predicted octanol–water partition coefficient (Wildman–Crippen LogP) is 0.112. The van der Waals surface area contributed by atoms with Crippen molar-refractivity contribution in [3.63, 3.8) is 0 Å². The Balaban J connectivity index is 2.75. The van der Waals surface area contributed by atoms with Crippen LogP contribution in [0.4, 0.5) is 0 Å². The number of rotatable bonds is 12. The van der Waals surface area contributed by atoms with Gasteiger partial charge >= 0.3 is 0 Å². The molecule has 0 aliphatic carbocycles. The lowest BCUT2D eigenvalue weighted by atomic mass is 10.0. The van der Waals surface area contributed by atoms with Crippen molar-refractivity contribution in [1.29, 1.82) is 0 Å². The second-order valence-electron chi connectivity index (χ2n) is 9.59. The number of hydrogen-bond donors (Lipinski definition) is 7. The number of unbranched alkanes of at least 4 members (excludes halogenated alkanes) is 2. The van der Waals surface area contributed by atoms with Gasteiger partial charge in [-0.2, -0.15) is 0 Å². The summed E-state index contributed by atoms with van der Waals surface area (Å²) in [7, 11) is 0. The minimum absolute atomic E-state index is 0.126. The summed E-state index contributed by atoms with van der Waals surface area (Å²) in [5.41, 5.74) is 0. The normalized spacial score (nSPS) is 24.4. The van der Waals surface area contributed by atoms with Crippen LogP contribution in [0.3, 0.4) is 0 Å². The molecule has 11 nitrogen and oxygen atoms in total. The molecule has 4 amide bonds. The minimum Gasteiger partial charge on any atom is -0.393 e. The molecular weight excluding hydrogens is 492 g/mol. The van der Waals surface area contributed by atoms with E-state index in [4.69, 9.17) is 0 Å². The van der Waals surface area contributed by atoms with E-state index in [2.05, 4.69) is 28.2 Å². The molecule has 1 aliphatic heterocycles. The molecule has 1 heterocycles. The van der Waals surface area contributed by atoms with E-state index in [1.807, 2.05) is 0 Å². The Morgan fingerprint density at radius 3 is 2.63 bits per heavy atom. The van der Waals surface area contributed by atoms with Crippen LogP contribution in [0.5, 0.6) is 0 Å². The van der Waals surface area contributed by atoms with E-state index in [1.54, 1.807) is 19.1 Å². The van der Waals surface area contributed by atoms with Crippen molar-refractivity contribution in [2.45, 2.75) is 102 Å². The maximum atomic E-state index is 12.9. The van der Waals surface area contributed by atoms with Crippen LogP contribution in [0, 0.1) is 0 Å².